The van der Waals surface area contributed by atoms with Gasteiger partial charge in [0.2, 0.25) is 5.95 Å². The molecule has 0 aromatic carbocycles. The van der Waals surface area contributed by atoms with Crippen LogP contribution in [0.25, 0.3) is 22.6 Å². The molecule has 104 valence electrons. The summed E-state index contributed by atoms with van der Waals surface area (Å²) in [5, 5.41) is 9.20. The van der Waals surface area contributed by atoms with Crippen LogP contribution in [0.4, 0.5) is 5.95 Å². The standard InChI is InChI=1S/C8H8N6O.C6H4/c9-14-7-11-6(12-8(15)13-7)5-3-1-2-4-10-5;1-2-6-4-3-5(1)6/h1-4H,9H2,(H2,11,12,13,14,15);1-4H. The predicted molar refractivity (Wildman–Crippen MR) is 78.0 cm³/mol. The van der Waals surface area contributed by atoms with Crippen LogP contribution in [0, 0.1) is 0 Å². The summed E-state index contributed by atoms with van der Waals surface area (Å²) in [6.07, 6.45) is 1.60. The summed E-state index contributed by atoms with van der Waals surface area (Å²) < 4.78 is 0. The van der Waals surface area contributed by atoms with E-state index in [4.69, 9.17) is 5.84 Å². The number of aromatic nitrogens is 4. The molecule has 0 saturated heterocycles. The molecule has 4 N–H and O–H groups in total. The number of anilines is 1. The topological polar surface area (TPSA) is 110 Å². The summed E-state index contributed by atoms with van der Waals surface area (Å²) in [4.78, 5) is 15.2. The van der Waals surface area contributed by atoms with E-state index < -0.39 is 6.01 Å². The van der Waals surface area contributed by atoms with Gasteiger partial charge in [-0.15, -0.1) is 0 Å². The second-order valence-corrected chi connectivity index (χ2v) is 4.22. The molecule has 0 saturated carbocycles. The number of pyridine rings is 1. The van der Waals surface area contributed by atoms with Crippen LogP contribution in [0.5, 0.6) is 6.01 Å². The summed E-state index contributed by atoms with van der Waals surface area (Å²) in [6, 6.07) is 13.4. The van der Waals surface area contributed by atoms with Crippen molar-refractivity contribution in [1.82, 2.24) is 19.9 Å². The highest BCUT2D eigenvalue weighted by Gasteiger charge is 2.07. The minimum absolute atomic E-state index is 0.0863. The van der Waals surface area contributed by atoms with E-state index >= 15 is 0 Å². The van der Waals surface area contributed by atoms with Crippen LogP contribution in [-0.2, 0) is 0 Å². The summed E-state index contributed by atoms with van der Waals surface area (Å²) in [5.74, 6) is 5.48. The van der Waals surface area contributed by atoms with Crippen molar-refractivity contribution in [1.29, 1.82) is 0 Å². The smallest absolute Gasteiger partial charge is 0.319 e. The fraction of sp³-hybridized carbons (Fsp3) is 0. The van der Waals surface area contributed by atoms with Gasteiger partial charge in [0, 0.05) is 6.20 Å². The SMILES string of the molecule is NNc1nc(O)nc(-c2ccccn2)n1.c1cc2ccc1-2. The maximum absolute atomic E-state index is 9.20. The molecule has 0 unspecified atom stereocenters. The Hall–Kier alpha value is -3.06. The van der Waals surface area contributed by atoms with Gasteiger partial charge in [-0.1, -0.05) is 30.3 Å². The number of aromatic hydroxyl groups is 1. The quantitative estimate of drug-likeness (QED) is 0.378. The summed E-state index contributed by atoms with van der Waals surface area (Å²) >= 11 is 0. The van der Waals surface area contributed by atoms with Gasteiger partial charge in [-0.3, -0.25) is 10.4 Å². The molecule has 0 amide bonds. The molecule has 2 aromatic rings. The zero-order chi connectivity index (χ0) is 14.7. The number of hydrazine groups is 1. The molecule has 0 fully saturated rings. The first kappa shape index (κ1) is 12.9. The number of nitrogens with two attached hydrogens (primary N) is 1. The molecular formula is C14H12N6O. The van der Waals surface area contributed by atoms with Crippen molar-refractivity contribution in [3.05, 3.63) is 48.7 Å². The molecular weight excluding hydrogens is 268 g/mol. The minimum Gasteiger partial charge on any atom is -0.479 e. The second kappa shape index (κ2) is 5.51. The second-order valence-electron chi connectivity index (χ2n) is 4.22. The Morgan fingerprint density at radius 2 is 1.62 bits per heavy atom. The number of fused-ring (bicyclic) bond motifs is 1. The van der Waals surface area contributed by atoms with Crippen LogP contribution in [0.3, 0.4) is 0 Å². The Balaban J connectivity index is 0.000000180. The number of nitrogen functional groups attached to an aromatic ring is 1. The zero-order valence-corrected chi connectivity index (χ0v) is 10.9. The molecule has 2 heterocycles. The van der Waals surface area contributed by atoms with Gasteiger partial charge in [0.05, 0.1) is 0 Å². The van der Waals surface area contributed by atoms with Gasteiger partial charge in [-0.05, 0) is 23.3 Å². The molecule has 0 spiro atoms. The molecule has 2 aliphatic rings. The summed E-state index contributed by atoms with van der Waals surface area (Å²) in [7, 11) is 0. The first-order valence-electron chi connectivity index (χ1n) is 6.20. The Morgan fingerprint density at radius 3 is 2.10 bits per heavy atom. The maximum Gasteiger partial charge on any atom is 0.319 e. The molecule has 0 bridgehead atoms. The summed E-state index contributed by atoms with van der Waals surface area (Å²) in [6.45, 7) is 0. The largest absolute Gasteiger partial charge is 0.479 e. The Labute approximate surface area is 120 Å². The van der Waals surface area contributed by atoms with Crippen LogP contribution in [0.1, 0.15) is 0 Å². The van der Waals surface area contributed by atoms with Crippen molar-refractivity contribution in [3.8, 4) is 28.7 Å². The Kier molecular flexibility index (Phi) is 3.40. The zero-order valence-electron chi connectivity index (χ0n) is 10.9. The lowest BCUT2D eigenvalue weighted by Crippen LogP contribution is -2.11. The Morgan fingerprint density at radius 1 is 0.905 bits per heavy atom. The Bertz CT molecular complexity index is 724. The molecule has 2 aromatic heterocycles. The van der Waals surface area contributed by atoms with Gasteiger partial charge < -0.3 is 5.11 Å². The van der Waals surface area contributed by atoms with Gasteiger partial charge in [0.1, 0.15) is 5.69 Å². The summed E-state index contributed by atoms with van der Waals surface area (Å²) in [5.41, 5.74) is 5.61. The third kappa shape index (κ3) is 2.77. The van der Waals surface area contributed by atoms with Crippen LogP contribution in [0.2, 0.25) is 0 Å². The van der Waals surface area contributed by atoms with E-state index in [2.05, 4.69) is 49.6 Å². The molecule has 0 atom stereocenters. The van der Waals surface area contributed by atoms with Crippen molar-refractivity contribution in [2.45, 2.75) is 0 Å². The molecule has 0 radical (unpaired) electrons. The minimum atomic E-state index is -0.404. The van der Waals surface area contributed by atoms with E-state index in [0.29, 0.717) is 5.69 Å². The fourth-order valence-corrected chi connectivity index (χ4v) is 1.70. The van der Waals surface area contributed by atoms with Gasteiger partial charge in [0.25, 0.3) is 0 Å². The number of nitrogens with zero attached hydrogens (tertiary/aromatic N) is 4. The van der Waals surface area contributed by atoms with Crippen molar-refractivity contribution in [2.75, 3.05) is 5.43 Å². The van der Waals surface area contributed by atoms with E-state index in [1.54, 1.807) is 24.4 Å². The average molecular weight is 280 g/mol. The third-order valence-electron chi connectivity index (χ3n) is 2.86. The lowest BCUT2D eigenvalue weighted by atomic mass is 9.95. The van der Waals surface area contributed by atoms with Gasteiger partial charge in [-0.2, -0.15) is 15.0 Å². The normalized spacial score (nSPS) is 10.3. The third-order valence-corrected chi connectivity index (χ3v) is 2.86. The number of nitrogens with one attached hydrogen (secondary N) is 1. The lowest BCUT2D eigenvalue weighted by Gasteiger charge is -2.10. The molecule has 7 nitrogen and oxygen atoms in total. The number of hydrogen-bond donors (Lipinski definition) is 3. The highest BCUT2D eigenvalue weighted by Crippen LogP contribution is 2.29. The van der Waals surface area contributed by atoms with Crippen molar-refractivity contribution in [2.24, 2.45) is 5.84 Å². The molecule has 21 heavy (non-hydrogen) atoms. The van der Waals surface area contributed by atoms with Gasteiger partial charge in [0.15, 0.2) is 5.82 Å². The van der Waals surface area contributed by atoms with Crippen LogP contribution >= 0.6 is 0 Å². The first-order chi connectivity index (χ1) is 10.3. The van der Waals surface area contributed by atoms with E-state index in [1.165, 1.54) is 11.1 Å². The van der Waals surface area contributed by atoms with E-state index in [9.17, 15) is 5.11 Å². The highest BCUT2D eigenvalue weighted by atomic mass is 16.3. The average Bonchev–Trinajstić information content (AvgIpc) is 2.51. The maximum atomic E-state index is 9.20. The van der Waals surface area contributed by atoms with E-state index in [-0.39, 0.29) is 11.8 Å². The van der Waals surface area contributed by atoms with E-state index in [0.717, 1.165) is 0 Å². The molecule has 4 rings (SSSR count). The predicted octanol–water partition coefficient (Wildman–Crippen LogP) is 1.59. The van der Waals surface area contributed by atoms with Gasteiger partial charge >= 0.3 is 6.01 Å². The fourth-order valence-electron chi connectivity index (χ4n) is 1.70. The number of rotatable bonds is 2. The van der Waals surface area contributed by atoms with Crippen LogP contribution < -0.4 is 11.3 Å². The lowest BCUT2D eigenvalue weighted by molar-refractivity contribution is 0.429. The molecule has 7 heteroatoms. The van der Waals surface area contributed by atoms with Crippen molar-refractivity contribution < 1.29 is 5.11 Å². The van der Waals surface area contributed by atoms with E-state index in [1.807, 2.05) is 0 Å². The number of benzene rings is 1. The van der Waals surface area contributed by atoms with Crippen LogP contribution in [-0.4, -0.2) is 25.0 Å². The highest BCUT2D eigenvalue weighted by molar-refractivity contribution is 5.75. The van der Waals surface area contributed by atoms with Gasteiger partial charge in [-0.25, -0.2) is 5.84 Å². The van der Waals surface area contributed by atoms with Crippen molar-refractivity contribution in [3.63, 3.8) is 0 Å². The molecule has 2 aliphatic carbocycles. The van der Waals surface area contributed by atoms with Crippen LogP contribution in [0.15, 0.2) is 48.7 Å². The monoisotopic (exact) mass is 280 g/mol. The van der Waals surface area contributed by atoms with Crippen molar-refractivity contribution >= 4 is 5.95 Å². The molecule has 0 aliphatic heterocycles. The number of hydrogen-bond acceptors (Lipinski definition) is 7. The first-order valence-corrected chi connectivity index (χ1v) is 6.20.